The van der Waals surface area contributed by atoms with Crippen LogP contribution >= 0.6 is 11.8 Å². The molecule has 1 aromatic heterocycles. The number of carbonyl (C=O) groups is 1. The van der Waals surface area contributed by atoms with Crippen LogP contribution in [0.1, 0.15) is 51.9 Å². The first kappa shape index (κ1) is 18.1. The summed E-state index contributed by atoms with van der Waals surface area (Å²) in [4.78, 5) is 16.6. The lowest BCUT2D eigenvalue weighted by Gasteiger charge is -2.15. The van der Waals surface area contributed by atoms with Crippen LogP contribution in [0.4, 0.5) is 0 Å². The summed E-state index contributed by atoms with van der Waals surface area (Å²) in [5.74, 6) is 1.10. The van der Waals surface area contributed by atoms with Crippen LogP contribution in [-0.4, -0.2) is 27.3 Å². The summed E-state index contributed by atoms with van der Waals surface area (Å²) in [5.41, 5.74) is 2.25. The van der Waals surface area contributed by atoms with Gasteiger partial charge in [0.15, 0.2) is 5.16 Å². The number of carbonyl (C=O) groups excluding carboxylic acids is 1. The molecule has 0 aliphatic carbocycles. The molecular formula is C16H29N3OS. The fraction of sp³-hybridized carbons (Fsp3) is 0.750. The van der Waals surface area contributed by atoms with Crippen LogP contribution in [0.2, 0.25) is 0 Å². The highest BCUT2D eigenvalue weighted by atomic mass is 32.2. The molecule has 5 heteroatoms. The molecule has 0 radical (unpaired) electrons. The van der Waals surface area contributed by atoms with Crippen LogP contribution in [0.5, 0.6) is 0 Å². The van der Waals surface area contributed by atoms with Gasteiger partial charge in [-0.25, -0.2) is 4.98 Å². The van der Waals surface area contributed by atoms with E-state index in [1.54, 1.807) is 0 Å². The van der Waals surface area contributed by atoms with Gasteiger partial charge in [0.25, 0.3) is 0 Å². The Bertz CT molecular complexity index is 464. The summed E-state index contributed by atoms with van der Waals surface area (Å²) in [7, 11) is 0. The Hall–Kier alpha value is -0.970. The van der Waals surface area contributed by atoms with E-state index in [2.05, 4.69) is 49.5 Å². The Labute approximate surface area is 133 Å². The molecule has 0 aromatic carbocycles. The third-order valence-corrected chi connectivity index (χ3v) is 4.63. The molecule has 1 amide bonds. The maximum atomic E-state index is 12.0. The quantitative estimate of drug-likeness (QED) is 0.747. The van der Waals surface area contributed by atoms with Crippen molar-refractivity contribution in [1.82, 2.24) is 14.9 Å². The van der Waals surface area contributed by atoms with Crippen molar-refractivity contribution in [1.29, 1.82) is 0 Å². The molecule has 0 atom stereocenters. The third-order valence-electron chi connectivity index (χ3n) is 3.65. The lowest BCUT2D eigenvalue weighted by atomic mass is 10.2. The predicted molar refractivity (Wildman–Crippen MR) is 89.8 cm³/mol. The molecule has 1 aromatic rings. The Morgan fingerprint density at radius 1 is 1.29 bits per heavy atom. The first-order valence-corrected chi connectivity index (χ1v) is 8.83. The second kappa shape index (κ2) is 8.47. The maximum Gasteiger partial charge on any atom is 0.230 e. The summed E-state index contributed by atoms with van der Waals surface area (Å²) < 4.78 is 2.23. The average Bonchev–Trinajstić information content (AvgIpc) is 2.69. The molecule has 0 saturated heterocycles. The van der Waals surface area contributed by atoms with Crippen LogP contribution < -0.4 is 5.32 Å². The lowest BCUT2D eigenvalue weighted by molar-refractivity contribution is -0.119. The minimum absolute atomic E-state index is 0.100. The molecule has 21 heavy (non-hydrogen) atoms. The smallest absolute Gasteiger partial charge is 0.230 e. The maximum absolute atomic E-state index is 12.0. The SMILES string of the molecule is CCC(CC)NC(=O)CSc1nc(C)c(C)n1CC(C)C. The molecular weight excluding hydrogens is 282 g/mol. The summed E-state index contributed by atoms with van der Waals surface area (Å²) in [5, 5.41) is 4.03. The molecule has 0 saturated carbocycles. The van der Waals surface area contributed by atoms with E-state index in [-0.39, 0.29) is 11.9 Å². The Morgan fingerprint density at radius 2 is 1.90 bits per heavy atom. The zero-order valence-corrected chi connectivity index (χ0v) is 15.0. The van der Waals surface area contributed by atoms with Crippen molar-refractivity contribution in [2.24, 2.45) is 5.92 Å². The van der Waals surface area contributed by atoms with Crippen molar-refractivity contribution >= 4 is 17.7 Å². The zero-order chi connectivity index (χ0) is 16.0. The average molecular weight is 311 g/mol. The van der Waals surface area contributed by atoms with E-state index in [0.717, 1.165) is 30.2 Å². The number of hydrogen-bond donors (Lipinski definition) is 1. The van der Waals surface area contributed by atoms with Crippen molar-refractivity contribution < 1.29 is 4.79 Å². The van der Waals surface area contributed by atoms with Gasteiger partial charge in [-0.2, -0.15) is 0 Å². The van der Waals surface area contributed by atoms with Gasteiger partial charge in [-0.15, -0.1) is 0 Å². The molecule has 0 bridgehead atoms. The van der Waals surface area contributed by atoms with Gasteiger partial charge in [0.1, 0.15) is 0 Å². The van der Waals surface area contributed by atoms with E-state index in [9.17, 15) is 4.79 Å². The third kappa shape index (κ3) is 5.38. The number of nitrogens with zero attached hydrogens (tertiary/aromatic N) is 2. The normalized spacial score (nSPS) is 11.4. The van der Waals surface area contributed by atoms with Crippen LogP contribution in [0.15, 0.2) is 5.16 Å². The number of aryl methyl sites for hydroxylation is 1. The van der Waals surface area contributed by atoms with E-state index in [0.29, 0.717) is 11.7 Å². The van der Waals surface area contributed by atoms with Gasteiger partial charge in [-0.3, -0.25) is 4.79 Å². The first-order chi connectivity index (χ1) is 9.88. The van der Waals surface area contributed by atoms with E-state index in [1.165, 1.54) is 17.5 Å². The van der Waals surface area contributed by atoms with E-state index < -0.39 is 0 Å². The van der Waals surface area contributed by atoms with Gasteiger partial charge < -0.3 is 9.88 Å². The predicted octanol–water partition coefficient (Wildman–Crippen LogP) is 3.55. The topological polar surface area (TPSA) is 46.9 Å². The Balaban J connectivity index is 2.66. The number of rotatable bonds is 8. The summed E-state index contributed by atoms with van der Waals surface area (Å²) in [6.45, 7) is 13.7. The lowest BCUT2D eigenvalue weighted by Crippen LogP contribution is -2.35. The minimum atomic E-state index is 0.100. The highest BCUT2D eigenvalue weighted by molar-refractivity contribution is 7.99. The molecule has 0 unspecified atom stereocenters. The summed E-state index contributed by atoms with van der Waals surface area (Å²) in [6, 6.07) is 0.289. The molecule has 120 valence electrons. The molecule has 0 aliphatic rings. The zero-order valence-electron chi connectivity index (χ0n) is 14.2. The molecule has 0 fully saturated rings. The molecule has 1 rings (SSSR count). The molecule has 4 nitrogen and oxygen atoms in total. The molecule has 1 N–H and O–H groups in total. The van der Waals surface area contributed by atoms with Crippen molar-refractivity contribution in [3.63, 3.8) is 0 Å². The standard InChI is InChI=1S/C16H29N3OS/c1-7-14(8-2)18-15(20)10-21-16-17-12(5)13(6)19(16)9-11(3)4/h11,14H,7-10H2,1-6H3,(H,18,20). The largest absolute Gasteiger partial charge is 0.353 e. The Kier molecular flexibility index (Phi) is 7.29. The number of amides is 1. The fourth-order valence-electron chi connectivity index (χ4n) is 2.21. The van der Waals surface area contributed by atoms with Gasteiger partial charge >= 0.3 is 0 Å². The first-order valence-electron chi connectivity index (χ1n) is 7.84. The molecule has 1 heterocycles. The van der Waals surface area contributed by atoms with Crippen molar-refractivity contribution in [3.05, 3.63) is 11.4 Å². The highest BCUT2D eigenvalue weighted by Gasteiger charge is 2.15. The van der Waals surface area contributed by atoms with Gasteiger partial charge in [0.2, 0.25) is 5.91 Å². The molecule has 0 spiro atoms. The monoisotopic (exact) mass is 311 g/mol. The minimum Gasteiger partial charge on any atom is -0.353 e. The Morgan fingerprint density at radius 3 is 2.43 bits per heavy atom. The van der Waals surface area contributed by atoms with Crippen LogP contribution in [0, 0.1) is 19.8 Å². The number of imidazole rings is 1. The van der Waals surface area contributed by atoms with E-state index in [1.807, 2.05) is 6.92 Å². The van der Waals surface area contributed by atoms with Crippen molar-refractivity contribution in [2.45, 2.75) is 72.1 Å². The summed E-state index contributed by atoms with van der Waals surface area (Å²) in [6.07, 6.45) is 1.96. The molecule has 0 aliphatic heterocycles. The fourth-order valence-corrected chi connectivity index (χ4v) is 3.12. The van der Waals surface area contributed by atoms with Gasteiger partial charge in [0.05, 0.1) is 11.4 Å². The number of nitrogens with one attached hydrogen (secondary N) is 1. The second-order valence-electron chi connectivity index (χ2n) is 5.94. The van der Waals surface area contributed by atoms with Crippen LogP contribution in [0.25, 0.3) is 0 Å². The number of aromatic nitrogens is 2. The summed E-state index contributed by atoms with van der Waals surface area (Å²) >= 11 is 1.53. The van der Waals surface area contributed by atoms with Crippen LogP contribution in [0.3, 0.4) is 0 Å². The van der Waals surface area contributed by atoms with E-state index >= 15 is 0 Å². The van der Waals surface area contributed by atoms with Gasteiger partial charge in [-0.05, 0) is 32.6 Å². The van der Waals surface area contributed by atoms with Crippen LogP contribution in [-0.2, 0) is 11.3 Å². The van der Waals surface area contributed by atoms with Crippen molar-refractivity contribution in [3.8, 4) is 0 Å². The number of thioether (sulfide) groups is 1. The second-order valence-corrected chi connectivity index (χ2v) is 6.88. The number of hydrogen-bond acceptors (Lipinski definition) is 3. The highest BCUT2D eigenvalue weighted by Crippen LogP contribution is 2.22. The van der Waals surface area contributed by atoms with Gasteiger partial charge in [0, 0.05) is 18.3 Å². The van der Waals surface area contributed by atoms with E-state index in [4.69, 9.17) is 0 Å². The van der Waals surface area contributed by atoms with Crippen molar-refractivity contribution in [2.75, 3.05) is 5.75 Å². The van der Waals surface area contributed by atoms with Gasteiger partial charge in [-0.1, -0.05) is 39.5 Å².